The van der Waals surface area contributed by atoms with Crippen LogP contribution in [-0.2, 0) is 0 Å². The summed E-state index contributed by atoms with van der Waals surface area (Å²) < 4.78 is 14.0. The van der Waals surface area contributed by atoms with Gasteiger partial charge in [-0.25, -0.2) is 4.39 Å². The van der Waals surface area contributed by atoms with E-state index in [0.717, 1.165) is 19.3 Å². The van der Waals surface area contributed by atoms with Crippen molar-refractivity contribution in [1.29, 1.82) is 0 Å². The first-order chi connectivity index (χ1) is 10.6. The summed E-state index contributed by atoms with van der Waals surface area (Å²) in [6.45, 7) is 0.563. The maximum atomic E-state index is 13.6. The minimum absolute atomic E-state index is 0.278. The maximum Gasteiger partial charge on any atom is 0.253 e. The Kier molecular flexibility index (Phi) is 4.38. The van der Waals surface area contributed by atoms with Gasteiger partial charge < -0.3 is 15.3 Å². The van der Waals surface area contributed by atoms with Crippen LogP contribution in [-0.4, -0.2) is 22.4 Å². The molecule has 0 saturated heterocycles. The van der Waals surface area contributed by atoms with Crippen LogP contribution in [0.4, 0.5) is 4.39 Å². The summed E-state index contributed by atoms with van der Waals surface area (Å²) in [6.07, 6.45) is 7.85. The fourth-order valence-electron chi connectivity index (χ4n) is 2.85. The number of H-pyrrole nitrogens is 2. The van der Waals surface area contributed by atoms with Crippen molar-refractivity contribution in [2.45, 2.75) is 32.1 Å². The molecule has 2 aromatic rings. The summed E-state index contributed by atoms with van der Waals surface area (Å²) in [5.74, 6) is -0.746. The van der Waals surface area contributed by atoms with Gasteiger partial charge in [0.15, 0.2) is 4.77 Å². The lowest BCUT2D eigenvalue weighted by atomic mass is 9.97. The Morgan fingerprint density at radius 3 is 2.95 bits per heavy atom. The SMILES string of the molecule is O=C(NCCC1=CCCCC1)c1cc(F)cc2[nH]c(=S)[nH]c12. The number of fused-ring (bicyclic) bond motifs is 1. The molecule has 116 valence electrons. The third kappa shape index (κ3) is 3.27. The molecule has 1 aromatic heterocycles. The van der Waals surface area contributed by atoms with Gasteiger partial charge in [0.05, 0.1) is 16.6 Å². The van der Waals surface area contributed by atoms with Gasteiger partial charge in [0, 0.05) is 6.54 Å². The number of halogens is 1. The van der Waals surface area contributed by atoms with Crippen molar-refractivity contribution in [3.63, 3.8) is 0 Å². The van der Waals surface area contributed by atoms with Gasteiger partial charge in [-0.2, -0.15) is 0 Å². The number of allylic oxidation sites excluding steroid dienone is 1. The molecule has 1 aromatic carbocycles. The van der Waals surface area contributed by atoms with Gasteiger partial charge in [0.2, 0.25) is 0 Å². The van der Waals surface area contributed by atoms with Crippen molar-refractivity contribution < 1.29 is 9.18 Å². The van der Waals surface area contributed by atoms with Crippen LogP contribution in [0.2, 0.25) is 0 Å². The van der Waals surface area contributed by atoms with Crippen LogP contribution in [0.5, 0.6) is 0 Å². The first-order valence-electron chi connectivity index (χ1n) is 7.51. The Hall–Kier alpha value is -1.95. The Labute approximate surface area is 132 Å². The first-order valence-corrected chi connectivity index (χ1v) is 7.92. The summed E-state index contributed by atoms with van der Waals surface area (Å²) >= 11 is 5.00. The molecule has 1 heterocycles. The molecule has 0 unspecified atom stereocenters. The third-order valence-corrected chi connectivity index (χ3v) is 4.16. The van der Waals surface area contributed by atoms with E-state index in [1.54, 1.807) is 0 Å². The number of aromatic nitrogens is 2. The van der Waals surface area contributed by atoms with Crippen molar-refractivity contribution in [1.82, 2.24) is 15.3 Å². The number of rotatable bonds is 4. The van der Waals surface area contributed by atoms with E-state index in [-0.39, 0.29) is 11.5 Å². The Balaban J connectivity index is 1.72. The fourth-order valence-corrected chi connectivity index (χ4v) is 3.06. The molecule has 0 bridgehead atoms. The molecule has 1 amide bonds. The van der Waals surface area contributed by atoms with Crippen molar-refractivity contribution in [3.05, 3.63) is 39.9 Å². The molecule has 0 spiro atoms. The molecule has 4 nitrogen and oxygen atoms in total. The predicted molar refractivity (Wildman–Crippen MR) is 86.9 cm³/mol. The van der Waals surface area contributed by atoms with Gasteiger partial charge in [-0.05, 0) is 56.5 Å². The third-order valence-electron chi connectivity index (χ3n) is 3.95. The largest absolute Gasteiger partial charge is 0.352 e. The van der Waals surface area contributed by atoms with Gasteiger partial charge in [0.1, 0.15) is 5.82 Å². The molecule has 6 heteroatoms. The predicted octanol–water partition coefficient (Wildman–Crippen LogP) is 3.98. The van der Waals surface area contributed by atoms with Crippen molar-refractivity contribution >= 4 is 29.2 Å². The van der Waals surface area contributed by atoms with E-state index >= 15 is 0 Å². The number of carbonyl (C=O) groups excluding carboxylic acids is 1. The van der Waals surface area contributed by atoms with E-state index in [0.29, 0.717) is 22.3 Å². The van der Waals surface area contributed by atoms with Crippen LogP contribution in [0, 0.1) is 10.6 Å². The summed E-state index contributed by atoms with van der Waals surface area (Å²) in [7, 11) is 0. The zero-order chi connectivity index (χ0) is 15.5. The minimum atomic E-state index is -0.460. The molecule has 1 aliphatic carbocycles. The van der Waals surface area contributed by atoms with E-state index in [4.69, 9.17) is 12.2 Å². The van der Waals surface area contributed by atoms with Gasteiger partial charge >= 0.3 is 0 Å². The molecule has 3 N–H and O–H groups in total. The van der Waals surface area contributed by atoms with Crippen LogP contribution in [0.25, 0.3) is 11.0 Å². The average molecular weight is 319 g/mol. The lowest BCUT2D eigenvalue weighted by Crippen LogP contribution is -2.25. The average Bonchev–Trinajstić information content (AvgIpc) is 2.87. The molecule has 0 fully saturated rings. The van der Waals surface area contributed by atoms with Crippen LogP contribution in [0.3, 0.4) is 0 Å². The summed E-state index contributed by atoms with van der Waals surface area (Å²) in [4.78, 5) is 18.0. The molecule has 22 heavy (non-hydrogen) atoms. The van der Waals surface area contributed by atoms with E-state index in [9.17, 15) is 9.18 Å². The number of benzene rings is 1. The second-order valence-electron chi connectivity index (χ2n) is 5.57. The lowest BCUT2D eigenvalue weighted by molar-refractivity contribution is 0.0955. The smallest absolute Gasteiger partial charge is 0.253 e. The summed E-state index contributed by atoms with van der Waals surface area (Å²) in [5, 5.41) is 2.86. The first kappa shape index (κ1) is 15.0. The monoisotopic (exact) mass is 319 g/mol. The fraction of sp³-hybridized carbons (Fsp3) is 0.375. The standard InChI is InChI=1S/C16H18FN3OS/c17-11-8-12(14-13(9-11)19-16(22)20-14)15(21)18-7-6-10-4-2-1-3-5-10/h4,8-9H,1-3,5-7H2,(H,18,21)(H2,19,20,22). The minimum Gasteiger partial charge on any atom is -0.352 e. The second-order valence-corrected chi connectivity index (χ2v) is 5.98. The number of amides is 1. The molecular weight excluding hydrogens is 301 g/mol. The summed E-state index contributed by atoms with van der Waals surface area (Å²) in [6, 6.07) is 2.56. The lowest BCUT2D eigenvalue weighted by Gasteiger charge is -2.13. The number of hydrogen-bond acceptors (Lipinski definition) is 2. The molecular formula is C16H18FN3OS. The summed E-state index contributed by atoms with van der Waals surface area (Å²) in [5.41, 5.74) is 2.72. The number of carbonyl (C=O) groups is 1. The molecule has 0 atom stereocenters. The van der Waals surface area contributed by atoms with Crippen LogP contribution in [0.1, 0.15) is 42.5 Å². The van der Waals surface area contributed by atoms with E-state index in [2.05, 4.69) is 21.4 Å². The van der Waals surface area contributed by atoms with E-state index in [1.807, 2.05) is 0 Å². The quantitative estimate of drug-likeness (QED) is 0.589. The van der Waals surface area contributed by atoms with Gasteiger partial charge in [-0.1, -0.05) is 11.6 Å². The highest BCUT2D eigenvalue weighted by atomic mass is 32.1. The highest BCUT2D eigenvalue weighted by Crippen LogP contribution is 2.20. The van der Waals surface area contributed by atoms with Crippen molar-refractivity contribution in [2.24, 2.45) is 0 Å². The van der Waals surface area contributed by atoms with Crippen LogP contribution >= 0.6 is 12.2 Å². The second kappa shape index (κ2) is 6.44. The number of aromatic amines is 2. The number of hydrogen-bond donors (Lipinski definition) is 3. The van der Waals surface area contributed by atoms with E-state index in [1.165, 1.54) is 30.5 Å². The maximum absolute atomic E-state index is 13.6. The van der Waals surface area contributed by atoms with Gasteiger partial charge in [-0.15, -0.1) is 0 Å². The van der Waals surface area contributed by atoms with E-state index < -0.39 is 5.82 Å². The van der Waals surface area contributed by atoms with Gasteiger partial charge in [-0.3, -0.25) is 4.79 Å². The Morgan fingerprint density at radius 2 is 2.18 bits per heavy atom. The van der Waals surface area contributed by atoms with Crippen LogP contribution in [0.15, 0.2) is 23.8 Å². The number of imidazole rings is 1. The highest BCUT2D eigenvalue weighted by Gasteiger charge is 2.14. The topological polar surface area (TPSA) is 60.7 Å². The Bertz CT molecular complexity index is 790. The molecule has 3 rings (SSSR count). The molecule has 0 radical (unpaired) electrons. The number of nitrogens with one attached hydrogen (secondary N) is 3. The van der Waals surface area contributed by atoms with Crippen LogP contribution < -0.4 is 5.32 Å². The Morgan fingerprint density at radius 1 is 1.32 bits per heavy atom. The van der Waals surface area contributed by atoms with Crippen molar-refractivity contribution in [3.8, 4) is 0 Å². The van der Waals surface area contributed by atoms with Crippen molar-refractivity contribution in [2.75, 3.05) is 6.54 Å². The zero-order valence-corrected chi connectivity index (χ0v) is 13.0. The zero-order valence-electron chi connectivity index (χ0n) is 12.2. The van der Waals surface area contributed by atoms with Gasteiger partial charge in [0.25, 0.3) is 5.91 Å². The molecule has 1 aliphatic rings. The molecule has 0 saturated carbocycles. The normalized spacial score (nSPS) is 14.9. The highest BCUT2D eigenvalue weighted by molar-refractivity contribution is 7.71. The molecule has 0 aliphatic heterocycles.